The first-order valence-corrected chi connectivity index (χ1v) is 6.21. The Hall–Kier alpha value is -2.16. The second-order valence-electron chi connectivity index (χ2n) is 4.36. The van der Waals surface area contributed by atoms with Gasteiger partial charge >= 0.3 is 0 Å². The fourth-order valence-corrected chi connectivity index (χ4v) is 2.01. The van der Waals surface area contributed by atoms with Crippen LogP contribution in [0.4, 0.5) is 0 Å². The van der Waals surface area contributed by atoms with Crippen LogP contribution in [0.5, 0.6) is 17.2 Å². The zero-order valence-electron chi connectivity index (χ0n) is 11.2. The van der Waals surface area contributed by atoms with Crippen molar-refractivity contribution in [3.05, 3.63) is 53.6 Å². The van der Waals surface area contributed by atoms with Gasteiger partial charge < -0.3 is 14.6 Å². The topological polar surface area (TPSA) is 38.7 Å². The third-order valence-electron chi connectivity index (χ3n) is 3.08. The van der Waals surface area contributed by atoms with Crippen molar-refractivity contribution in [2.24, 2.45) is 0 Å². The minimum absolute atomic E-state index is 0.186. The summed E-state index contributed by atoms with van der Waals surface area (Å²) in [6.45, 7) is 0. The Morgan fingerprint density at radius 3 is 2.26 bits per heavy atom. The summed E-state index contributed by atoms with van der Waals surface area (Å²) in [6.07, 6.45) is 1.77. The molecule has 0 saturated heterocycles. The smallest absolute Gasteiger partial charge is 0.160 e. The van der Waals surface area contributed by atoms with Crippen LogP contribution in [0.25, 0.3) is 0 Å². The third kappa shape index (κ3) is 3.41. The quantitative estimate of drug-likeness (QED) is 0.895. The van der Waals surface area contributed by atoms with Gasteiger partial charge in [-0.2, -0.15) is 0 Å². The molecular formula is C16H18O3. The lowest BCUT2D eigenvalue weighted by Gasteiger charge is -2.07. The third-order valence-corrected chi connectivity index (χ3v) is 3.08. The van der Waals surface area contributed by atoms with Gasteiger partial charge in [-0.1, -0.05) is 18.2 Å². The maximum atomic E-state index is 9.73. The van der Waals surface area contributed by atoms with E-state index in [1.807, 2.05) is 24.3 Å². The number of phenolic OH excluding ortho intramolecular Hbond substituents is 1. The highest BCUT2D eigenvalue weighted by Gasteiger charge is 2.03. The molecule has 1 N–H and O–H groups in total. The summed E-state index contributed by atoms with van der Waals surface area (Å²) in [4.78, 5) is 0. The van der Waals surface area contributed by atoms with Gasteiger partial charge in [0.05, 0.1) is 14.2 Å². The fourth-order valence-electron chi connectivity index (χ4n) is 2.01. The monoisotopic (exact) mass is 258 g/mol. The summed E-state index contributed by atoms with van der Waals surface area (Å²) in [6, 6.07) is 13.5. The molecule has 3 heteroatoms. The summed E-state index contributed by atoms with van der Waals surface area (Å²) < 4.78 is 10.2. The van der Waals surface area contributed by atoms with Crippen LogP contribution in [-0.2, 0) is 12.8 Å². The molecule has 0 heterocycles. The molecule has 2 aromatic rings. The Kier molecular flexibility index (Phi) is 4.29. The van der Waals surface area contributed by atoms with Gasteiger partial charge in [-0.3, -0.25) is 0 Å². The minimum atomic E-state index is 0.186. The lowest BCUT2D eigenvalue weighted by Crippen LogP contribution is -1.93. The van der Waals surface area contributed by atoms with Crippen LogP contribution in [-0.4, -0.2) is 19.3 Å². The Bertz CT molecular complexity index is 549. The molecule has 0 saturated carbocycles. The molecule has 0 aliphatic heterocycles. The largest absolute Gasteiger partial charge is 0.504 e. The summed E-state index contributed by atoms with van der Waals surface area (Å²) in [5.74, 6) is 1.56. The van der Waals surface area contributed by atoms with Crippen LogP contribution >= 0.6 is 0 Å². The van der Waals surface area contributed by atoms with Gasteiger partial charge in [0.25, 0.3) is 0 Å². The van der Waals surface area contributed by atoms with Crippen LogP contribution in [0.3, 0.4) is 0 Å². The molecule has 0 bridgehead atoms. The van der Waals surface area contributed by atoms with Crippen molar-refractivity contribution in [3.8, 4) is 17.2 Å². The SMILES string of the molecule is COc1cccc(CCc2ccc(OC)c(O)c2)c1. The zero-order valence-corrected chi connectivity index (χ0v) is 11.2. The van der Waals surface area contributed by atoms with E-state index in [4.69, 9.17) is 9.47 Å². The predicted octanol–water partition coefficient (Wildman–Crippen LogP) is 3.19. The van der Waals surface area contributed by atoms with Gasteiger partial charge in [-0.05, 0) is 48.2 Å². The highest BCUT2D eigenvalue weighted by atomic mass is 16.5. The summed E-state index contributed by atoms with van der Waals surface area (Å²) in [5, 5.41) is 9.73. The number of benzene rings is 2. The van der Waals surface area contributed by atoms with Gasteiger partial charge in [-0.15, -0.1) is 0 Å². The van der Waals surface area contributed by atoms with Crippen LogP contribution < -0.4 is 9.47 Å². The average molecular weight is 258 g/mol. The van der Waals surface area contributed by atoms with E-state index in [0.717, 1.165) is 24.2 Å². The molecule has 3 nitrogen and oxygen atoms in total. The summed E-state index contributed by atoms with van der Waals surface area (Å²) in [7, 11) is 3.21. The second-order valence-corrected chi connectivity index (χ2v) is 4.36. The van der Waals surface area contributed by atoms with Crippen molar-refractivity contribution in [2.75, 3.05) is 14.2 Å². The van der Waals surface area contributed by atoms with Crippen molar-refractivity contribution < 1.29 is 14.6 Å². The van der Waals surface area contributed by atoms with E-state index in [1.54, 1.807) is 26.4 Å². The van der Waals surface area contributed by atoms with Gasteiger partial charge in [0.15, 0.2) is 11.5 Å². The molecule has 19 heavy (non-hydrogen) atoms. The number of aromatic hydroxyl groups is 1. The number of phenols is 1. The highest BCUT2D eigenvalue weighted by molar-refractivity contribution is 5.42. The Balaban J connectivity index is 2.03. The summed E-state index contributed by atoms with van der Waals surface area (Å²) >= 11 is 0. The van der Waals surface area contributed by atoms with E-state index in [1.165, 1.54) is 5.56 Å². The molecule has 0 aliphatic carbocycles. The Morgan fingerprint density at radius 1 is 0.895 bits per heavy atom. The Morgan fingerprint density at radius 2 is 1.63 bits per heavy atom. The van der Waals surface area contributed by atoms with Gasteiger partial charge in [0.2, 0.25) is 0 Å². The molecule has 2 rings (SSSR count). The van der Waals surface area contributed by atoms with E-state index >= 15 is 0 Å². The van der Waals surface area contributed by atoms with Crippen LogP contribution in [0.15, 0.2) is 42.5 Å². The molecule has 0 spiro atoms. The maximum Gasteiger partial charge on any atom is 0.160 e. The van der Waals surface area contributed by atoms with Crippen molar-refractivity contribution in [1.82, 2.24) is 0 Å². The normalized spacial score (nSPS) is 10.2. The van der Waals surface area contributed by atoms with Crippen LogP contribution in [0.2, 0.25) is 0 Å². The van der Waals surface area contributed by atoms with Crippen LogP contribution in [0.1, 0.15) is 11.1 Å². The van der Waals surface area contributed by atoms with E-state index in [-0.39, 0.29) is 5.75 Å². The van der Waals surface area contributed by atoms with E-state index in [9.17, 15) is 5.11 Å². The molecule has 0 unspecified atom stereocenters. The van der Waals surface area contributed by atoms with E-state index in [0.29, 0.717) is 5.75 Å². The van der Waals surface area contributed by atoms with Crippen LogP contribution in [0, 0.1) is 0 Å². The Labute approximate surface area is 113 Å². The molecule has 0 amide bonds. The standard InChI is InChI=1S/C16H18O3/c1-18-14-5-3-4-12(10-14)6-7-13-8-9-16(19-2)15(17)11-13/h3-5,8-11,17H,6-7H2,1-2H3. The van der Waals surface area contributed by atoms with Crippen molar-refractivity contribution in [1.29, 1.82) is 0 Å². The predicted molar refractivity (Wildman–Crippen MR) is 75.1 cm³/mol. The van der Waals surface area contributed by atoms with Crippen molar-refractivity contribution in [3.63, 3.8) is 0 Å². The number of ether oxygens (including phenoxy) is 2. The molecule has 100 valence electrons. The summed E-state index contributed by atoms with van der Waals surface area (Å²) in [5.41, 5.74) is 2.30. The number of rotatable bonds is 5. The molecular weight excluding hydrogens is 240 g/mol. The minimum Gasteiger partial charge on any atom is -0.504 e. The number of hydrogen-bond acceptors (Lipinski definition) is 3. The lowest BCUT2D eigenvalue weighted by atomic mass is 10.0. The molecule has 0 aromatic heterocycles. The molecule has 2 aromatic carbocycles. The molecule has 0 radical (unpaired) electrons. The lowest BCUT2D eigenvalue weighted by molar-refractivity contribution is 0.373. The van der Waals surface area contributed by atoms with Crippen molar-refractivity contribution in [2.45, 2.75) is 12.8 Å². The van der Waals surface area contributed by atoms with Crippen molar-refractivity contribution >= 4 is 0 Å². The molecule has 0 aliphatic rings. The maximum absolute atomic E-state index is 9.73. The second kappa shape index (κ2) is 6.14. The first kappa shape index (κ1) is 13.3. The van der Waals surface area contributed by atoms with Gasteiger partial charge in [0.1, 0.15) is 5.75 Å². The molecule has 0 fully saturated rings. The first-order chi connectivity index (χ1) is 9.22. The zero-order chi connectivity index (χ0) is 13.7. The van der Waals surface area contributed by atoms with E-state index < -0.39 is 0 Å². The van der Waals surface area contributed by atoms with Gasteiger partial charge in [-0.25, -0.2) is 0 Å². The van der Waals surface area contributed by atoms with E-state index in [2.05, 4.69) is 6.07 Å². The highest BCUT2D eigenvalue weighted by Crippen LogP contribution is 2.26. The fraction of sp³-hybridized carbons (Fsp3) is 0.250. The average Bonchev–Trinajstić information content (AvgIpc) is 2.45. The number of methoxy groups -OCH3 is 2. The number of hydrogen-bond donors (Lipinski definition) is 1. The number of aryl methyl sites for hydroxylation is 2. The first-order valence-electron chi connectivity index (χ1n) is 6.21. The molecule has 0 atom stereocenters. The van der Waals surface area contributed by atoms with Gasteiger partial charge in [0, 0.05) is 0 Å².